The average Bonchev–Trinajstić information content (AvgIpc) is 2.97. The number of rotatable bonds is 2. The van der Waals surface area contributed by atoms with Crippen molar-refractivity contribution in [3.63, 3.8) is 0 Å². The highest BCUT2D eigenvalue weighted by Gasteiger charge is 2.13. The monoisotopic (exact) mass is 295 g/mol. The van der Waals surface area contributed by atoms with Crippen molar-refractivity contribution >= 4 is 34.5 Å². The lowest BCUT2D eigenvalue weighted by Crippen LogP contribution is -1.75. The number of hydrogen-bond acceptors (Lipinski definition) is 3. The Morgan fingerprint density at radius 3 is 2.56 bits per heavy atom. The van der Waals surface area contributed by atoms with E-state index in [9.17, 15) is 0 Å². The van der Waals surface area contributed by atoms with Gasteiger partial charge in [0, 0.05) is 5.56 Å². The third-order valence-electron chi connectivity index (χ3n) is 2.45. The predicted molar refractivity (Wildman–Crippen MR) is 75.2 cm³/mol. The van der Waals surface area contributed by atoms with Crippen molar-refractivity contribution in [1.82, 2.24) is 15.2 Å². The number of thiazole rings is 1. The van der Waals surface area contributed by atoms with Crippen LogP contribution in [0.4, 0.5) is 0 Å². The molecule has 2 aromatic heterocycles. The molecule has 3 aromatic rings. The summed E-state index contributed by atoms with van der Waals surface area (Å²) in [6.45, 7) is 0. The standard InChI is InChI=1S/C12H7Cl2N3S/c13-11-10(18-12(14)15-11)9-6-8(16-17-9)7-4-2-1-3-5-7/h1-6H,(H,16,17). The van der Waals surface area contributed by atoms with Crippen LogP contribution in [0.25, 0.3) is 21.8 Å². The first-order valence-corrected chi connectivity index (χ1v) is 6.74. The number of nitrogens with one attached hydrogen (secondary N) is 1. The summed E-state index contributed by atoms with van der Waals surface area (Å²) < 4.78 is 0.422. The van der Waals surface area contributed by atoms with Gasteiger partial charge in [0.25, 0.3) is 0 Å². The maximum Gasteiger partial charge on any atom is 0.185 e. The lowest BCUT2D eigenvalue weighted by molar-refractivity contribution is 1.10. The summed E-state index contributed by atoms with van der Waals surface area (Å²) in [5.41, 5.74) is 2.74. The van der Waals surface area contributed by atoms with Crippen LogP contribution in [0, 0.1) is 0 Å². The normalized spacial score (nSPS) is 10.8. The fourth-order valence-electron chi connectivity index (χ4n) is 1.64. The second-order valence-electron chi connectivity index (χ2n) is 3.62. The summed E-state index contributed by atoms with van der Waals surface area (Å²) in [5.74, 6) is 0. The summed E-state index contributed by atoms with van der Waals surface area (Å²) in [5, 5.41) is 7.61. The molecular formula is C12H7Cl2N3S. The molecule has 0 radical (unpaired) electrons. The molecule has 2 heterocycles. The van der Waals surface area contributed by atoms with Gasteiger partial charge >= 0.3 is 0 Å². The van der Waals surface area contributed by atoms with E-state index in [1.165, 1.54) is 11.3 Å². The van der Waals surface area contributed by atoms with Crippen LogP contribution in [0.5, 0.6) is 0 Å². The van der Waals surface area contributed by atoms with Gasteiger partial charge in [-0.15, -0.1) is 0 Å². The molecule has 1 N–H and O–H groups in total. The molecule has 0 spiro atoms. The number of nitrogens with zero attached hydrogens (tertiary/aromatic N) is 2. The summed E-state index contributed by atoms with van der Waals surface area (Å²) in [6.07, 6.45) is 0. The molecule has 18 heavy (non-hydrogen) atoms. The fourth-order valence-corrected chi connectivity index (χ4v) is 3.00. The molecule has 0 saturated heterocycles. The third kappa shape index (κ3) is 2.14. The van der Waals surface area contributed by atoms with Gasteiger partial charge in [-0.1, -0.05) is 64.9 Å². The minimum atomic E-state index is 0.397. The molecule has 0 unspecified atom stereocenters. The van der Waals surface area contributed by atoms with Crippen LogP contribution in [0.15, 0.2) is 36.4 Å². The molecule has 0 bridgehead atoms. The van der Waals surface area contributed by atoms with Crippen molar-refractivity contribution < 1.29 is 0 Å². The van der Waals surface area contributed by atoms with Gasteiger partial charge in [-0.3, -0.25) is 5.10 Å². The van der Waals surface area contributed by atoms with E-state index in [0.29, 0.717) is 9.62 Å². The number of halogens is 2. The van der Waals surface area contributed by atoms with E-state index in [0.717, 1.165) is 21.8 Å². The predicted octanol–water partition coefficient (Wildman–Crippen LogP) is 4.51. The Bertz CT molecular complexity index is 676. The SMILES string of the molecule is Clc1nc(Cl)c(-c2cc(-c3ccccc3)n[nH]2)s1. The maximum atomic E-state index is 6.00. The number of aromatic nitrogens is 3. The molecule has 3 nitrogen and oxygen atoms in total. The zero-order valence-electron chi connectivity index (χ0n) is 9.02. The van der Waals surface area contributed by atoms with Crippen molar-refractivity contribution in [2.45, 2.75) is 0 Å². The zero-order valence-corrected chi connectivity index (χ0v) is 11.4. The maximum absolute atomic E-state index is 6.00. The smallest absolute Gasteiger partial charge is 0.185 e. The van der Waals surface area contributed by atoms with Crippen molar-refractivity contribution in [3.8, 4) is 21.8 Å². The lowest BCUT2D eigenvalue weighted by atomic mass is 10.1. The van der Waals surface area contributed by atoms with Crippen molar-refractivity contribution in [3.05, 3.63) is 46.0 Å². The van der Waals surface area contributed by atoms with Crippen LogP contribution in [0.1, 0.15) is 0 Å². The summed E-state index contributed by atoms with van der Waals surface area (Å²) >= 11 is 13.2. The molecule has 0 saturated carbocycles. The van der Waals surface area contributed by atoms with E-state index in [1.807, 2.05) is 36.4 Å². The quantitative estimate of drug-likeness (QED) is 0.756. The van der Waals surface area contributed by atoms with Crippen LogP contribution in [0.3, 0.4) is 0 Å². The Morgan fingerprint density at radius 2 is 1.89 bits per heavy atom. The fraction of sp³-hybridized carbons (Fsp3) is 0. The van der Waals surface area contributed by atoms with Crippen LogP contribution >= 0.6 is 34.5 Å². The number of H-pyrrole nitrogens is 1. The Hall–Kier alpha value is -1.36. The molecule has 6 heteroatoms. The van der Waals surface area contributed by atoms with Gasteiger partial charge in [0.2, 0.25) is 0 Å². The largest absolute Gasteiger partial charge is 0.276 e. The van der Waals surface area contributed by atoms with Gasteiger partial charge in [0.15, 0.2) is 9.62 Å². The average molecular weight is 296 g/mol. The summed E-state index contributed by atoms with van der Waals surface area (Å²) in [4.78, 5) is 4.77. The molecule has 3 rings (SSSR count). The lowest BCUT2D eigenvalue weighted by Gasteiger charge is -1.92. The molecule has 0 aliphatic heterocycles. The number of benzene rings is 1. The van der Waals surface area contributed by atoms with Gasteiger partial charge in [0.05, 0.1) is 16.3 Å². The van der Waals surface area contributed by atoms with E-state index >= 15 is 0 Å². The molecule has 0 aliphatic carbocycles. The van der Waals surface area contributed by atoms with E-state index in [2.05, 4.69) is 15.2 Å². The topological polar surface area (TPSA) is 41.6 Å². The molecule has 0 fully saturated rings. The molecular weight excluding hydrogens is 289 g/mol. The Balaban J connectivity index is 2.02. The number of aromatic amines is 1. The van der Waals surface area contributed by atoms with E-state index in [1.54, 1.807) is 0 Å². The van der Waals surface area contributed by atoms with Crippen molar-refractivity contribution in [2.75, 3.05) is 0 Å². The number of hydrogen-bond donors (Lipinski definition) is 1. The molecule has 0 atom stereocenters. The van der Waals surface area contributed by atoms with Crippen molar-refractivity contribution in [1.29, 1.82) is 0 Å². The van der Waals surface area contributed by atoms with Gasteiger partial charge in [-0.05, 0) is 6.07 Å². The van der Waals surface area contributed by atoms with Gasteiger partial charge < -0.3 is 0 Å². The molecule has 90 valence electrons. The Kier molecular flexibility index (Phi) is 3.07. The highest BCUT2D eigenvalue weighted by molar-refractivity contribution is 7.19. The minimum absolute atomic E-state index is 0.397. The Labute approximate surface area is 117 Å². The highest BCUT2D eigenvalue weighted by Crippen LogP contribution is 2.35. The van der Waals surface area contributed by atoms with E-state index in [4.69, 9.17) is 23.2 Å². The van der Waals surface area contributed by atoms with E-state index < -0.39 is 0 Å². The van der Waals surface area contributed by atoms with Gasteiger partial charge in [-0.2, -0.15) is 5.10 Å². The first kappa shape index (κ1) is 11.7. The zero-order chi connectivity index (χ0) is 12.5. The van der Waals surface area contributed by atoms with Crippen LogP contribution < -0.4 is 0 Å². The summed E-state index contributed by atoms with van der Waals surface area (Å²) in [7, 11) is 0. The molecule has 0 amide bonds. The van der Waals surface area contributed by atoms with Crippen molar-refractivity contribution in [2.24, 2.45) is 0 Å². The first-order chi connectivity index (χ1) is 8.74. The first-order valence-electron chi connectivity index (χ1n) is 5.17. The van der Waals surface area contributed by atoms with Gasteiger partial charge in [0.1, 0.15) is 0 Å². The Morgan fingerprint density at radius 1 is 1.11 bits per heavy atom. The van der Waals surface area contributed by atoms with Crippen LogP contribution in [-0.4, -0.2) is 15.2 Å². The van der Waals surface area contributed by atoms with Crippen LogP contribution in [0.2, 0.25) is 9.62 Å². The van der Waals surface area contributed by atoms with E-state index in [-0.39, 0.29) is 0 Å². The minimum Gasteiger partial charge on any atom is -0.276 e. The summed E-state index contributed by atoms with van der Waals surface area (Å²) in [6, 6.07) is 11.9. The highest BCUT2D eigenvalue weighted by atomic mass is 35.5. The molecule has 1 aromatic carbocycles. The van der Waals surface area contributed by atoms with Crippen LogP contribution in [-0.2, 0) is 0 Å². The second-order valence-corrected chi connectivity index (χ2v) is 5.56. The molecule has 0 aliphatic rings. The van der Waals surface area contributed by atoms with Gasteiger partial charge in [-0.25, -0.2) is 4.98 Å². The third-order valence-corrected chi connectivity index (χ3v) is 4.03. The second kappa shape index (κ2) is 4.72.